The van der Waals surface area contributed by atoms with Gasteiger partial charge in [0.25, 0.3) is 0 Å². The third kappa shape index (κ3) is 6.65. The summed E-state index contributed by atoms with van der Waals surface area (Å²) in [5, 5.41) is 20.0. The summed E-state index contributed by atoms with van der Waals surface area (Å²) in [6.45, 7) is 18.2. The minimum Gasteiger partial charge on any atom is -0.423 e. The summed E-state index contributed by atoms with van der Waals surface area (Å²) in [5.41, 5.74) is -1.89. The first kappa shape index (κ1) is 20.9. The normalized spacial score (nSPS) is 14.8. The van der Waals surface area contributed by atoms with Gasteiger partial charge in [0.2, 0.25) is 0 Å². The second kappa shape index (κ2) is 6.96. The van der Waals surface area contributed by atoms with Gasteiger partial charge in [0.05, 0.1) is 17.8 Å². The summed E-state index contributed by atoms with van der Waals surface area (Å²) < 4.78 is 11.5. The largest absolute Gasteiger partial charge is 0.483 e. The van der Waals surface area contributed by atoms with Crippen LogP contribution < -0.4 is 0 Å². The summed E-state index contributed by atoms with van der Waals surface area (Å²) in [7, 11) is -2.83. The summed E-state index contributed by atoms with van der Waals surface area (Å²) in [4.78, 5) is 0. The molecule has 0 unspecified atom stereocenters. The van der Waals surface area contributed by atoms with Crippen molar-refractivity contribution in [2.75, 3.05) is 6.61 Å². The lowest BCUT2D eigenvalue weighted by Gasteiger charge is -2.38. The van der Waals surface area contributed by atoms with Gasteiger partial charge in [0, 0.05) is 0 Å². The topological polar surface area (TPSA) is 58.9 Å². The van der Waals surface area contributed by atoms with Gasteiger partial charge in [-0.1, -0.05) is 32.8 Å². The summed E-state index contributed by atoms with van der Waals surface area (Å²) in [6.07, 6.45) is 1.77. The SMILES string of the molecule is CC(C)(O)C(C)(C)OB(O)/C=C/CO[Si](C)(C)C(C)(C)C. The molecule has 0 saturated carbocycles. The van der Waals surface area contributed by atoms with E-state index in [1.807, 2.05) is 0 Å². The van der Waals surface area contributed by atoms with Gasteiger partial charge in [0.15, 0.2) is 8.32 Å². The highest BCUT2D eigenvalue weighted by atomic mass is 28.4. The van der Waals surface area contributed by atoms with Crippen LogP contribution in [0.25, 0.3) is 0 Å². The van der Waals surface area contributed by atoms with Crippen molar-refractivity contribution in [2.24, 2.45) is 0 Å². The molecule has 0 radical (unpaired) electrons. The average molecular weight is 316 g/mol. The number of rotatable bonds is 7. The quantitative estimate of drug-likeness (QED) is 0.708. The van der Waals surface area contributed by atoms with E-state index in [2.05, 4.69) is 33.9 Å². The van der Waals surface area contributed by atoms with Crippen LogP contribution in [0.4, 0.5) is 0 Å². The minimum absolute atomic E-state index is 0.166. The Morgan fingerprint density at radius 3 is 1.90 bits per heavy atom. The smallest absolute Gasteiger partial charge is 0.423 e. The van der Waals surface area contributed by atoms with E-state index in [4.69, 9.17) is 9.08 Å². The zero-order valence-electron chi connectivity index (χ0n) is 15.2. The summed E-state index contributed by atoms with van der Waals surface area (Å²) >= 11 is 0. The molecule has 0 aliphatic rings. The van der Waals surface area contributed by atoms with Crippen molar-refractivity contribution in [1.29, 1.82) is 0 Å². The summed E-state index contributed by atoms with van der Waals surface area (Å²) in [6, 6.07) is 0. The van der Waals surface area contributed by atoms with Crippen LogP contribution in [0.3, 0.4) is 0 Å². The molecule has 0 aliphatic carbocycles. The predicted molar refractivity (Wildman–Crippen MR) is 91.7 cm³/mol. The van der Waals surface area contributed by atoms with Crippen molar-refractivity contribution < 1.29 is 19.2 Å². The van der Waals surface area contributed by atoms with Gasteiger partial charge < -0.3 is 19.2 Å². The van der Waals surface area contributed by atoms with Crippen molar-refractivity contribution in [3.63, 3.8) is 0 Å². The summed E-state index contributed by atoms with van der Waals surface area (Å²) in [5.74, 6) is 1.56. The number of hydrogen-bond acceptors (Lipinski definition) is 4. The molecule has 21 heavy (non-hydrogen) atoms. The number of aliphatic hydroxyl groups is 1. The fraction of sp³-hybridized carbons (Fsp3) is 0.867. The molecule has 124 valence electrons. The van der Waals surface area contributed by atoms with Gasteiger partial charge in [-0.2, -0.15) is 0 Å². The van der Waals surface area contributed by atoms with Gasteiger partial charge in [-0.05, 0) is 45.8 Å². The molecule has 0 rings (SSSR count). The molecule has 0 atom stereocenters. The molecule has 0 bridgehead atoms. The van der Waals surface area contributed by atoms with Crippen molar-refractivity contribution >= 4 is 15.4 Å². The van der Waals surface area contributed by atoms with Crippen molar-refractivity contribution in [3.8, 4) is 0 Å². The van der Waals surface area contributed by atoms with Crippen LogP contribution in [0.2, 0.25) is 18.1 Å². The molecule has 4 nitrogen and oxygen atoms in total. The van der Waals surface area contributed by atoms with Crippen LogP contribution in [0, 0.1) is 0 Å². The van der Waals surface area contributed by atoms with E-state index in [-0.39, 0.29) is 5.04 Å². The van der Waals surface area contributed by atoms with E-state index < -0.39 is 26.6 Å². The molecule has 0 saturated heterocycles. The molecule has 0 fully saturated rings. The second-order valence-electron chi connectivity index (χ2n) is 8.08. The fourth-order valence-electron chi connectivity index (χ4n) is 1.13. The molecule has 0 heterocycles. The first-order chi connectivity index (χ1) is 9.10. The Bertz CT molecular complexity index is 354. The highest BCUT2D eigenvalue weighted by molar-refractivity contribution is 6.74. The van der Waals surface area contributed by atoms with E-state index in [0.29, 0.717) is 6.61 Å². The van der Waals surface area contributed by atoms with Crippen molar-refractivity contribution in [1.82, 2.24) is 0 Å². The monoisotopic (exact) mass is 316 g/mol. The van der Waals surface area contributed by atoms with E-state index in [0.717, 1.165) is 0 Å². The Kier molecular flexibility index (Phi) is 6.91. The Balaban J connectivity index is 4.40. The van der Waals surface area contributed by atoms with Crippen LogP contribution in [-0.2, 0) is 9.08 Å². The predicted octanol–water partition coefficient (Wildman–Crippen LogP) is 3.15. The first-order valence-electron chi connectivity index (χ1n) is 7.49. The zero-order chi connectivity index (χ0) is 17.1. The Morgan fingerprint density at radius 1 is 1.05 bits per heavy atom. The molecular weight excluding hydrogens is 283 g/mol. The average Bonchev–Trinajstić information content (AvgIpc) is 2.20. The lowest BCUT2D eigenvalue weighted by atomic mass is 9.83. The standard InChI is InChI=1S/C15H33BO4Si/c1-13(2,3)21(8,9)19-12-10-11-16(18)20-15(6,7)14(4,5)17/h10-11,17-18H,12H2,1-9H3/b11-10+. The van der Waals surface area contributed by atoms with Crippen LogP contribution in [0.15, 0.2) is 12.1 Å². The number of hydrogen-bond donors (Lipinski definition) is 2. The van der Waals surface area contributed by atoms with E-state index >= 15 is 0 Å². The first-order valence-corrected chi connectivity index (χ1v) is 10.4. The Hall–Kier alpha value is -0.138. The molecule has 0 amide bonds. The van der Waals surface area contributed by atoms with Crippen LogP contribution >= 0.6 is 0 Å². The molecule has 0 aromatic carbocycles. The third-order valence-electron chi connectivity index (χ3n) is 4.54. The van der Waals surface area contributed by atoms with Crippen molar-refractivity contribution in [3.05, 3.63) is 12.1 Å². The molecule has 2 N–H and O–H groups in total. The lowest BCUT2D eigenvalue weighted by Crippen LogP contribution is -2.50. The zero-order valence-corrected chi connectivity index (χ0v) is 16.2. The van der Waals surface area contributed by atoms with Crippen LogP contribution in [-0.4, -0.2) is 43.4 Å². The van der Waals surface area contributed by atoms with E-state index in [9.17, 15) is 10.1 Å². The Morgan fingerprint density at radius 2 is 1.52 bits per heavy atom. The molecular formula is C15H33BO4Si. The fourth-order valence-corrected chi connectivity index (χ4v) is 2.08. The maximum Gasteiger partial charge on any atom is 0.483 e. The maximum absolute atomic E-state index is 9.98. The lowest BCUT2D eigenvalue weighted by molar-refractivity contribution is -0.0985. The molecule has 6 heteroatoms. The third-order valence-corrected chi connectivity index (χ3v) is 9.04. The Labute approximate surface area is 131 Å². The van der Waals surface area contributed by atoms with Gasteiger partial charge in [-0.25, -0.2) is 0 Å². The van der Waals surface area contributed by atoms with E-state index in [1.54, 1.807) is 39.7 Å². The van der Waals surface area contributed by atoms with Crippen LogP contribution in [0.5, 0.6) is 0 Å². The highest BCUT2D eigenvalue weighted by Gasteiger charge is 2.38. The molecule has 0 aromatic heterocycles. The minimum atomic E-state index is -1.77. The molecule has 0 aliphatic heterocycles. The van der Waals surface area contributed by atoms with Crippen molar-refractivity contribution in [2.45, 2.75) is 77.8 Å². The molecule has 0 spiro atoms. The maximum atomic E-state index is 9.98. The van der Waals surface area contributed by atoms with Gasteiger partial charge in [-0.3, -0.25) is 0 Å². The van der Waals surface area contributed by atoms with Gasteiger partial charge >= 0.3 is 7.12 Å². The van der Waals surface area contributed by atoms with Crippen LogP contribution in [0.1, 0.15) is 48.5 Å². The second-order valence-corrected chi connectivity index (χ2v) is 12.9. The highest BCUT2D eigenvalue weighted by Crippen LogP contribution is 2.36. The van der Waals surface area contributed by atoms with Gasteiger partial charge in [0.1, 0.15) is 0 Å². The van der Waals surface area contributed by atoms with Gasteiger partial charge in [-0.15, -0.1) is 0 Å². The molecule has 0 aromatic rings. The van der Waals surface area contributed by atoms with E-state index in [1.165, 1.54) is 0 Å².